The van der Waals surface area contributed by atoms with Crippen LogP contribution in [0, 0.1) is 11.3 Å². The van der Waals surface area contributed by atoms with Crippen LogP contribution in [0.1, 0.15) is 37.9 Å². The molecule has 2 rings (SSSR count). The first-order chi connectivity index (χ1) is 13.4. The first-order valence-electron chi connectivity index (χ1n) is 8.93. The highest BCUT2D eigenvalue weighted by Crippen LogP contribution is 2.33. The maximum Gasteiger partial charge on any atom is 0.223 e. The Kier molecular flexibility index (Phi) is 6.99. The lowest BCUT2D eigenvalue weighted by Crippen LogP contribution is -2.34. The molecule has 0 aliphatic rings. The molecule has 0 bridgehead atoms. The molecule has 0 saturated heterocycles. The number of nitriles is 1. The van der Waals surface area contributed by atoms with Gasteiger partial charge in [-0.1, -0.05) is 6.07 Å². The lowest BCUT2D eigenvalue weighted by atomic mass is 10.0. The lowest BCUT2D eigenvalue weighted by molar-refractivity contribution is -0.307. The third-order valence-corrected chi connectivity index (χ3v) is 4.16. The predicted molar refractivity (Wildman–Crippen MR) is 104 cm³/mol. The van der Waals surface area contributed by atoms with Crippen molar-refractivity contribution >= 4 is 23.3 Å². The third kappa shape index (κ3) is 4.80. The van der Waals surface area contributed by atoms with E-state index in [9.17, 15) is 14.7 Å². The molecule has 2 aromatic carbocycles. The minimum Gasteiger partial charge on any atom is -0.548 e. The van der Waals surface area contributed by atoms with Crippen molar-refractivity contribution in [1.82, 2.24) is 0 Å². The molecular formula is C21H22N3O4-. The van der Waals surface area contributed by atoms with E-state index in [0.717, 1.165) is 0 Å². The molecule has 0 aliphatic carbocycles. The number of aliphatic carboxylic acids is 1. The van der Waals surface area contributed by atoms with Crippen LogP contribution in [-0.2, 0) is 9.59 Å². The first-order valence-corrected chi connectivity index (χ1v) is 8.93. The number of carbonyl (C=O) groups excluding carboxylic acids is 2. The van der Waals surface area contributed by atoms with Crippen molar-refractivity contribution in [2.45, 2.75) is 26.8 Å². The zero-order valence-corrected chi connectivity index (χ0v) is 16.1. The highest BCUT2D eigenvalue weighted by Gasteiger charge is 2.20. The van der Waals surface area contributed by atoms with Crippen molar-refractivity contribution in [3.8, 4) is 11.8 Å². The molecule has 1 amide bonds. The van der Waals surface area contributed by atoms with Crippen LogP contribution < -0.4 is 20.1 Å². The van der Waals surface area contributed by atoms with E-state index in [2.05, 4.69) is 5.32 Å². The van der Waals surface area contributed by atoms with E-state index in [1.54, 1.807) is 42.5 Å². The fraction of sp³-hybridized carbons (Fsp3) is 0.286. The van der Waals surface area contributed by atoms with Crippen LogP contribution in [0.15, 0.2) is 42.5 Å². The maximum absolute atomic E-state index is 12.0. The topological polar surface area (TPSA) is 105 Å². The standard InChI is InChI=1S/C21H23N3O4/c1-4-24(14(3)25)18-12-16(8-11-19(18)28-5-2)20(21(26)27)23-17-9-6-15(13-22)7-10-17/h6-12,20,23H,4-5H2,1-3H3,(H,26,27)/p-1. The minimum atomic E-state index is -1.31. The molecule has 0 aromatic heterocycles. The summed E-state index contributed by atoms with van der Waals surface area (Å²) in [4.78, 5) is 25.3. The summed E-state index contributed by atoms with van der Waals surface area (Å²) in [6, 6.07) is 12.2. The fourth-order valence-corrected chi connectivity index (χ4v) is 2.85. The zero-order chi connectivity index (χ0) is 20.7. The fourth-order valence-electron chi connectivity index (χ4n) is 2.85. The van der Waals surface area contributed by atoms with Crippen LogP contribution in [-0.4, -0.2) is 25.0 Å². The number of amides is 1. The van der Waals surface area contributed by atoms with Gasteiger partial charge < -0.3 is 24.9 Å². The van der Waals surface area contributed by atoms with Gasteiger partial charge in [-0.15, -0.1) is 0 Å². The Bertz CT molecular complexity index is 888. The molecule has 1 N–H and O–H groups in total. The van der Waals surface area contributed by atoms with E-state index in [0.29, 0.717) is 41.4 Å². The Morgan fingerprint density at radius 2 is 1.89 bits per heavy atom. The van der Waals surface area contributed by atoms with Gasteiger partial charge in [-0.2, -0.15) is 5.26 Å². The van der Waals surface area contributed by atoms with E-state index < -0.39 is 12.0 Å². The van der Waals surface area contributed by atoms with Crippen LogP contribution in [0.2, 0.25) is 0 Å². The first kappa shape index (κ1) is 20.8. The second-order valence-electron chi connectivity index (χ2n) is 6.01. The maximum atomic E-state index is 12.0. The summed E-state index contributed by atoms with van der Waals surface area (Å²) in [5.41, 5.74) is 1.92. The van der Waals surface area contributed by atoms with Crippen molar-refractivity contribution in [3.63, 3.8) is 0 Å². The molecule has 0 aliphatic heterocycles. The third-order valence-electron chi connectivity index (χ3n) is 4.16. The lowest BCUT2D eigenvalue weighted by Gasteiger charge is -2.26. The number of ether oxygens (including phenoxy) is 1. The van der Waals surface area contributed by atoms with E-state index >= 15 is 0 Å². The smallest absolute Gasteiger partial charge is 0.223 e. The molecule has 2 aromatic rings. The van der Waals surface area contributed by atoms with Crippen molar-refractivity contribution in [1.29, 1.82) is 5.26 Å². The summed E-state index contributed by atoms with van der Waals surface area (Å²) >= 11 is 0. The molecule has 7 nitrogen and oxygen atoms in total. The molecule has 28 heavy (non-hydrogen) atoms. The van der Waals surface area contributed by atoms with Crippen molar-refractivity contribution in [2.24, 2.45) is 0 Å². The molecule has 1 unspecified atom stereocenters. The van der Waals surface area contributed by atoms with Crippen LogP contribution in [0.4, 0.5) is 11.4 Å². The summed E-state index contributed by atoms with van der Waals surface area (Å²) in [7, 11) is 0. The van der Waals surface area contributed by atoms with Crippen LogP contribution in [0.25, 0.3) is 0 Å². The summed E-state index contributed by atoms with van der Waals surface area (Å²) in [6.45, 7) is 5.93. The Labute approximate surface area is 164 Å². The highest BCUT2D eigenvalue weighted by molar-refractivity contribution is 5.93. The number of hydrogen-bond donors (Lipinski definition) is 1. The number of carboxylic acid groups (broad SMARTS) is 1. The van der Waals surface area contributed by atoms with E-state index in [1.807, 2.05) is 19.9 Å². The number of nitrogens with one attached hydrogen (secondary N) is 1. The molecule has 0 fully saturated rings. The molecule has 0 saturated carbocycles. The van der Waals surface area contributed by atoms with Gasteiger partial charge in [0.15, 0.2) is 0 Å². The Morgan fingerprint density at radius 3 is 2.39 bits per heavy atom. The molecule has 0 spiro atoms. The van der Waals surface area contributed by atoms with Gasteiger partial charge in [0.2, 0.25) is 5.91 Å². The molecule has 146 valence electrons. The van der Waals surface area contributed by atoms with Crippen LogP contribution in [0.3, 0.4) is 0 Å². The van der Waals surface area contributed by atoms with Gasteiger partial charge in [0.05, 0.1) is 35.9 Å². The second kappa shape index (κ2) is 9.42. The Hall–Kier alpha value is -3.53. The molecule has 1 atom stereocenters. The summed E-state index contributed by atoms with van der Waals surface area (Å²) in [6.07, 6.45) is 0. The van der Waals surface area contributed by atoms with Gasteiger partial charge in [-0.3, -0.25) is 4.79 Å². The quantitative estimate of drug-likeness (QED) is 0.753. The molecule has 0 radical (unpaired) electrons. The number of carboxylic acids is 1. The van der Waals surface area contributed by atoms with Crippen LogP contribution >= 0.6 is 0 Å². The molecule has 0 heterocycles. The van der Waals surface area contributed by atoms with Gasteiger partial charge in [0, 0.05) is 19.2 Å². The zero-order valence-electron chi connectivity index (χ0n) is 16.1. The van der Waals surface area contributed by atoms with E-state index in [1.165, 1.54) is 11.8 Å². The predicted octanol–water partition coefficient (Wildman–Crippen LogP) is 2.23. The average Bonchev–Trinajstić information content (AvgIpc) is 2.68. The number of hydrogen-bond acceptors (Lipinski definition) is 6. The van der Waals surface area contributed by atoms with Gasteiger partial charge in [-0.05, 0) is 55.8 Å². The Balaban J connectivity index is 2.44. The van der Waals surface area contributed by atoms with Crippen molar-refractivity contribution < 1.29 is 19.4 Å². The second-order valence-corrected chi connectivity index (χ2v) is 6.01. The van der Waals surface area contributed by atoms with Gasteiger partial charge in [0.1, 0.15) is 5.75 Å². The van der Waals surface area contributed by atoms with Crippen molar-refractivity contribution in [2.75, 3.05) is 23.4 Å². The van der Waals surface area contributed by atoms with E-state index in [-0.39, 0.29) is 5.91 Å². The number of nitrogens with zero attached hydrogens (tertiary/aromatic N) is 2. The SMILES string of the molecule is CCOc1ccc(C(Nc2ccc(C#N)cc2)C(=O)[O-])cc1N(CC)C(C)=O. The summed E-state index contributed by atoms with van der Waals surface area (Å²) < 4.78 is 5.60. The van der Waals surface area contributed by atoms with Crippen molar-refractivity contribution in [3.05, 3.63) is 53.6 Å². The Morgan fingerprint density at radius 1 is 1.21 bits per heavy atom. The molecule has 7 heteroatoms. The van der Waals surface area contributed by atoms with E-state index in [4.69, 9.17) is 10.00 Å². The van der Waals surface area contributed by atoms with Crippen LogP contribution in [0.5, 0.6) is 5.75 Å². The van der Waals surface area contributed by atoms with Gasteiger partial charge in [-0.25, -0.2) is 0 Å². The number of benzene rings is 2. The number of carbonyl (C=O) groups is 2. The average molecular weight is 380 g/mol. The highest BCUT2D eigenvalue weighted by atomic mass is 16.5. The van der Waals surface area contributed by atoms with Gasteiger partial charge >= 0.3 is 0 Å². The normalized spacial score (nSPS) is 11.2. The van der Waals surface area contributed by atoms with Gasteiger partial charge in [0.25, 0.3) is 0 Å². The summed E-state index contributed by atoms with van der Waals surface area (Å²) in [5.74, 6) is -0.991. The monoisotopic (exact) mass is 380 g/mol. The number of rotatable bonds is 8. The summed E-state index contributed by atoms with van der Waals surface area (Å²) in [5, 5.41) is 23.6. The number of anilines is 2. The minimum absolute atomic E-state index is 0.175. The largest absolute Gasteiger partial charge is 0.548 e. The molecular weight excluding hydrogens is 358 g/mol.